The van der Waals surface area contributed by atoms with Gasteiger partial charge in [-0.15, -0.1) is 0 Å². The van der Waals surface area contributed by atoms with Crippen molar-refractivity contribution in [3.8, 4) is 5.69 Å². The molecule has 1 aliphatic heterocycles. The average molecular weight is 679 g/mol. The minimum absolute atomic E-state index is 0.0264. The molecule has 6 rings (SSSR count). The number of rotatable bonds is 5. The third-order valence-corrected chi connectivity index (χ3v) is 8.77. The van der Waals surface area contributed by atoms with Crippen LogP contribution in [0.4, 0.5) is 13.2 Å². The fourth-order valence-corrected chi connectivity index (χ4v) is 6.26. The summed E-state index contributed by atoms with van der Waals surface area (Å²) in [5, 5.41) is 7.25. The molecular weight excluding hydrogens is 651 g/mol. The molecule has 0 spiro atoms. The molecule has 0 radical (unpaired) electrons. The van der Waals surface area contributed by atoms with Crippen molar-refractivity contribution < 1.29 is 22.8 Å². The number of benzene rings is 3. The first-order chi connectivity index (χ1) is 21.5. The molecule has 2 aromatic heterocycles. The van der Waals surface area contributed by atoms with Gasteiger partial charge < -0.3 is 10.2 Å². The molecule has 0 aliphatic carbocycles. The normalized spacial score (nSPS) is 14.8. The maximum Gasteiger partial charge on any atom is 0.417 e. The van der Waals surface area contributed by atoms with E-state index < -0.39 is 23.7 Å². The van der Waals surface area contributed by atoms with Crippen molar-refractivity contribution >= 4 is 33.4 Å². The Bertz CT molecular complexity index is 2000. The minimum Gasteiger partial charge on any atom is -0.355 e. The van der Waals surface area contributed by atoms with Crippen molar-refractivity contribution in [2.75, 3.05) is 7.05 Å². The van der Waals surface area contributed by atoms with Crippen LogP contribution < -0.4 is 10.9 Å². The number of carbonyl (C=O) groups is 2. The van der Waals surface area contributed by atoms with E-state index in [9.17, 15) is 27.6 Å². The lowest BCUT2D eigenvalue weighted by atomic mass is 9.97. The molecule has 45 heavy (non-hydrogen) atoms. The number of amides is 2. The quantitative estimate of drug-likeness (QED) is 0.255. The predicted molar refractivity (Wildman–Crippen MR) is 166 cm³/mol. The number of alkyl halides is 3. The summed E-state index contributed by atoms with van der Waals surface area (Å²) < 4.78 is 43.9. The van der Waals surface area contributed by atoms with Gasteiger partial charge in [0.1, 0.15) is 5.65 Å². The van der Waals surface area contributed by atoms with E-state index in [1.807, 2.05) is 30.3 Å². The van der Waals surface area contributed by atoms with Crippen LogP contribution in [-0.2, 0) is 25.6 Å². The van der Waals surface area contributed by atoms with Crippen molar-refractivity contribution in [3.05, 3.63) is 133 Å². The number of halogens is 4. The molecule has 8 nitrogen and oxygen atoms in total. The molecule has 1 aliphatic rings. The molecule has 1 atom stereocenters. The maximum absolute atomic E-state index is 14.3. The second-order valence-electron chi connectivity index (χ2n) is 10.9. The van der Waals surface area contributed by atoms with Crippen LogP contribution in [0.15, 0.2) is 88.3 Å². The Kier molecular flexibility index (Phi) is 7.86. The molecule has 0 saturated heterocycles. The number of fused-ring (bicyclic) bond motifs is 3. The van der Waals surface area contributed by atoms with E-state index in [4.69, 9.17) is 0 Å². The van der Waals surface area contributed by atoms with Crippen LogP contribution >= 0.6 is 15.9 Å². The summed E-state index contributed by atoms with van der Waals surface area (Å²) in [5.74, 6) is -0.838. The zero-order chi connectivity index (χ0) is 32.0. The van der Waals surface area contributed by atoms with Crippen molar-refractivity contribution in [1.29, 1.82) is 0 Å². The van der Waals surface area contributed by atoms with Crippen molar-refractivity contribution in [1.82, 2.24) is 24.4 Å². The lowest BCUT2D eigenvalue weighted by Gasteiger charge is -2.35. The Labute approximate surface area is 264 Å². The summed E-state index contributed by atoms with van der Waals surface area (Å²) in [5.41, 5.74) is 2.85. The Morgan fingerprint density at radius 1 is 1.02 bits per heavy atom. The van der Waals surface area contributed by atoms with Crippen LogP contribution in [0.5, 0.6) is 0 Å². The number of aromatic nitrogens is 3. The summed E-state index contributed by atoms with van der Waals surface area (Å²) in [6.07, 6.45) is -2.32. The van der Waals surface area contributed by atoms with Gasteiger partial charge in [0.25, 0.3) is 17.4 Å². The van der Waals surface area contributed by atoms with E-state index in [1.54, 1.807) is 46.5 Å². The van der Waals surface area contributed by atoms with Gasteiger partial charge in [-0.1, -0.05) is 46.3 Å². The number of nitrogens with zero attached hydrogens (tertiary/aromatic N) is 4. The van der Waals surface area contributed by atoms with Gasteiger partial charge in [-0.25, -0.2) is 4.52 Å². The largest absolute Gasteiger partial charge is 0.417 e. The Morgan fingerprint density at radius 3 is 2.38 bits per heavy atom. The topological polar surface area (TPSA) is 88.7 Å². The third-order valence-electron chi connectivity index (χ3n) is 8.08. The molecule has 5 aromatic rings. The SMILES string of the molecule is CNC(=O)c1ccc(-n2c(=O)c3c(n4ncc(Cc5ccccc5)c24)CN(C(=O)c2ccc(Br)c(C(F)(F)F)c2)C(C)C3)cc1. The van der Waals surface area contributed by atoms with Crippen molar-refractivity contribution in [2.24, 2.45) is 0 Å². The Balaban J connectivity index is 1.49. The van der Waals surface area contributed by atoms with E-state index in [1.165, 1.54) is 24.1 Å². The average Bonchev–Trinajstić information content (AvgIpc) is 3.43. The molecule has 0 bridgehead atoms. The highest BCUT2D eigenvalue weighted by atomic mass is 79.9. The molecular formula is C33H27BrF3N5O3. The summed E-state index contributed by atoms with van der Waals surface area (Å²) in [6.45, 7) is 1.74. The Morgan fingerprint density at radius 2 is 1.71 bits per heavy atom. The first-order valence-corrected chi connectivity index (χ1v) is 14.9. The number of nitrogens with one attached hydrogen (secondary N) is 1. The molecule has 1 unspecified atom stereocenters. The zero-order valence-electron chi connectivity index (χ0n) is 24.2. The minimum atomic E-state index is -4.64. The van der Waals surface area contributed by atoms with E-state index in [0.29, 0.717) is 34.6 Å². The van der Waals surface area contributed by atoms with Crippen LogP contribution in [0, 0.1) is 0 Å². The summed E-state index contributed by atoms with van der Waals surface area (Å²) >= 11 is 2.93. The lowest BCUT2D eigenvalue weighted by molar-refractivity contribution is -0.138. The number of hydrogen-bond acceptors (Lipinski definition) is 4. The smallest absolute Gasteiger partial charge is 0.355 e. The number of hydrogen-bond donors (Lipinski definition) is 1. The standard InChI is InChI=1S/C33H27BrF3N5O3/c1-19-14-25-28(18-40(19)31(44)22-10-13-27(34)26(16-22)33(35,36)37)42-30(23(17-39-42)15-20-6-4-3-5-7-20)41(32(25)45)24-11-8-21(9-12-24)29(43)38-2/h3-13,16-17,19H,14-15,18H2,1-2H3,(H,38,43). The van der Waals surface area contributed by atoms with Crippen LogP contribution in [0.25, 0.3) is 11.3 Å². The monoisotopic (exact) mass is 677 g/mol. The van der Waals surface area contributed by atoms with Gasteiger partial charge in [0.2, 0.25) is 0 Å². The maximum atomic E-state index is 14.3. The lowest BCUT2D eigenvalue weighted by Crippen LogP contribution is -2.46. The second kappa shape index (κ2) is 11.7. The van der Waals surface area contributed by atoms with E-state index >= 15 is 0 Å². The molecule has 2 amide bonds. The van der Waals surface area contributed by atoms with Gasteiger partial charge in [-0.05, 0) is 61.4 Å². The summed E-state index contributed by atoms with van der Waals surface area (Å²) in [4.78, 5) is 41.6. The Hall–Kier alpha value is -4.71. The highest BCUT2D eigenvalue weighted by molar-refractivity contribution is 9.10. The van der Waals surface area contributed by atoms with Gasteiger partial charge in [-0.3, -0.25) is 19.0 Å². The second-order valence-corrected chi connectivity index (χ2v) is 11.8. The van der Waals surface area contributed by atoms with Crippen molar-refractivity contribution in [2.45, 2.75) is 38.5 Å². The summed E-state index contributed by atoms with van der Waals surface area (Å²) in [7, 11) is 1.54. The van der Waals surface area contributed by atoms with Gasteiger partial charge in [-0.2, -0.15) is 18.3 Å². The fraction of sp³-hybridized carbons (Fsp3) is 0.212. The fourth-order valence-electron chi connectivity index (χ4n) is 5.78. The molecule has 3 heterocycles. The van der Waals surface area contributed by atoms with E-state index in [-0.39, 0.29) is 34.5 Å². The van der Waals surface area contributed by atoms with Crippen LogP contribution in [0.3, 0.4) is 0 Å². The molecule has 0 saturated carbocycles. The highest BCUT2D eigenvalue weighted by Gasteiger charge is 2.36. The van der Waals surface area contributed by atoms with E-state index in [0.717, 1.165) is 17.2 Å². The first kappa shape index (κ1) is 30.3. The van der Waals surface area contributed by atoms with E-state index in [2.05, 4.69) is 26.3 Å². The van der Waals surface area contributed by atoms with Crippen LogP contribution in [0.2, 0.25) is 0 Å². The first-order valence-electron chi connectivity index (χ1n) is 14.2. The molecule has 1 N–H and O–H groups in total. The molecule has 12 heteroatoms. The van der Waals surface area contributed by atoms with Crippen LogP contribution in [0.1, 0.15) is 55.6 Å². The van der Waals surface area contributed by atoms with Gasteiger partial charge in [0.05, 0.1) is 29.7 Å². The molecule has 0 fully saturated rings. The van der Waals surface area contributed by atoms with Gasteiger partial charge >= 0.3 is 6.18 Å². The van der Waals surface area contributed by atoms with Crippen LogP contribution in [-0.4, -0.2) is 44.0 Å². The van der Waals surface area contributed by atoms with Gasteiger partial charge in [0.15, 0.2) is 0 Å². The van der Waals surface area contributed by atoms with Crippen molar-refractivity contribution in [3.63, 3.8) is 0 Å². The molecule has 3 aromatic carbocycles. The van der Waals surface area contributed by atoms with Gasteiger partial charge in [0, 0.05) is 46.2 Å². The third kappa shape index (κ3) is 5.54. The highest BCUT2D eigenvalue weighted by Crippen LogP contribution is 2.36. The summed E-state index contributed by atoms with van der Waals surface area (Å²) in [6, 6.07) is 19.3. The molecule has 230 valence electrons. The number of carbonyl (C=O) groups excluding carboxylic acids is 2. The predicted octanol–water partition coefficient (Wildman–Crippen LogP) is 5.80. The zero-order valence-corrected chi connectivity index (χ0v) is 25.8.